The summed E-state index contributed by atoms with van der Waals surface area (Å²) in [6.07, 6.45) is 5.89. The molecule has 6 heteroatoms. The third-order valence-corrected chi connectivity index (χ3v) is 4.68. The minimum Gasteiger partial charge on any atom is -0.435 e. The number of hydrogen-bond acceptors (Lipinski definition) is 3. The van der Waals surface area contributed by atoms with E-state index < -0.39 is 6.61 Å². The van der Waals surface area contributed by atoms with Crippen LogP contribution in [0.5, 0.6) is 5.75 Å². The average molecular weight is 354 g/mol. The Morgan fingerprint density at radius 1 is 1.20 bits per heavy atom. The summed E-state index contributed by atoms with van der Waals surface area (Å²) in [6, 6.07) is 6.93. The van der Waals surface area contributed by atoms with E-state index in [0.717, 1.165) is 24.9 Å². The highest BCUT2D eigenvalue weighted by Crippen LogP contribution is 2.23. The fourth-order valence-electron chi connectivity index (χ4n) is 3.50. The van der Waals surface area contributed by atoms with Gasteiger partial charge in [-0.25, -0.2) is 0 Å². The molecule has 0 saturated heterocycles. The number of ether oxygens (including phenoxy) is 1. The number of rotatable bonds is 8. The van der Waals surface area contributed by atoms with Gasteiger partial charge in [0.2, 0.25) is 5.91 Å². The third kappa shape index (κ3) is 6.27. The van der Waals surface area contributed by atoms with Crippen LogP contribution < -0.4 is 4.74 Å². The van der Waals surface area contributed by atoms with Gasteiger partial charge in [0, 0.05) is 19.1 Å². The number of amides is 1. The smallest absolute Gasteiger partial charge is 0.387 e. The van der Waals surface area contributed by atoms with E-state index in [1.54, 1.807) is 12.1 Å². The van der Waals surface area contributed by atoms with E-state index in [-0.39, 0.29) is 11.7 Å². The van der Waals surface area contributed by atoms with Crippen molar-refractivity contribution >= 4 is 5.91 Å². The zero-order valence-electron chi connectivity index (χ0n) is 15.1. The van der Waals surface area contributed by atoms with Gasteiger partial charge in [0.15, 0.2) is 0 Å². The summed E-state index contributed by atoms with van der Waals surface area (Å²) in [4.78, 5) is 16.6. The number of hydrogen-bond donors (Lipinski definition) is 0. The lowest BCUT2D eigenvalue weighted by Gasteiger charge is -2.34. The number of likely N-dealkylation sites (N-methyl/N-ethyl adjacent to an activating group) is 2. The lowest BCUT2D eigenvalue weighted by atomic mass is 9.94. The van der Waals surface area contributed by atoms with E-state index in [1.807, 2.05) is 23.8 Å². The van der Waals surface area contributed by atoms with Gasteiger partial charge in [-0.15, -0.1) is 0 Å². The van der Waals surface area contributed by atoms with Crippen molar-refractivity contribution in [2.75, 3.05) is 20.1 Å². The summed E-state index contributed by atoms with van der Waals surface area (Å²) in [5, 5.41) is 0. The predicted octanol–water partition coefficient (Wildman–Crippen LogP) is 3.90. The quantitative estimate of drug-likeness (QED) is 0.710. The van der Waals surface area contributed by atoms with E-state index in [4.69, 9.17) is 0 Å². The first-order chi connectivity index (χ1) is 12.0. The summed E-state index contributed by atoms with van der Waals surface area (Å²) in [5.74, 6) is 0.307. The van der Waals surface area contributed by atoms with Gasteiger partial charge in [0.25, 0.3) is 0 Å². The number of carbonyl (C=O) groups is 1. The van der Waals surface area contributed by atoms with Crippen molar-refractivity contribution in [2.24, 2.45) is 0 Å². The lowest BCUT2D eigenvalue weighted by Crippen LogP contribution is -2.45. The second-order valence-corrected chi connectivity index (χ2v) is 6.67. The van der Waals surface area contributed by atoms with Crippen LogP contribution in [0.3, 0.4) is 0 Å². The van der Waals surface area contributed by atoms with E-state index in [2.05, 4.69) is 4.74 Å². The molecule has 0 aliphatic heterocycles. The molecule has 1 amide bonds. The molecule has 4 nitrogen and oxygen atoms in total. The Morgan fingerprint density at radius 3 is 2.40 bits per heavy atom. The summed E-state index contributed by atoms with van der Waals surface area (Å²) in [6.45, 7) is 0.916. The zero-order valence-corrected chi connectivity index (χ0v) is 15.1. The lowest BCUT2D eigenvalue weighted by molar-refractivity contribution is -0.135. The highest BCUT2D eigenvalue weighted by atomic mass is 19.3. The summed E-state index contributed by atoms with van der Waals surface area (Å²) in [5.41, 5.74) is 0.956. The average Bonchev–Trinajstić information content (AvgIpc) is 2.57. The first-order valence-corrected chi connectivity index (χ1v) is 9.01. The maximum Gasteiger partial charge on any atom is 0.387 e. The number of halogens is 2. The summed E-state index contributed by atoms with van der Waals surface area (Å²) >= 11 is 0. The number of benzene rings is 1. The van der Waals surface area contributed by atoms with E-state index in [1.165, 1.54) is 31.4 Å². The predicted molar refractivity (Wildman–Crippen MR) is 93.7 cm³/mol. The molecule has 2 rings (SSSR count). The molecule has 0 radical (unpaired) electrons. The van der Waals surface area contributed by atoms with Gasteiger partial charge >= 0.3 is 6.61 Å². The molecule has 0 unspecified atom stereocenters. The summed E-state index contributed by atoms with van der Waals surface area (Å²) in [7, 11) is 1.90. The molecule has 140 valence electrons. The van der Waals surface area contributed by atoms with Crippen molar-refractivity contribution < 1.29 is 18.3 Å². The van der Waals surface area contributed by atoms with E-state index in [0.29, 0.717) is 19.1 Å². The molecule has 25 heavy (non-hydrogen) atoms. The first kappa shape index (κ1) is 19.6. The molecule has 1 saturated carbocycles. The largest absolute Gasteiger partial charge is 0.435 e. The Labute approximate surface area is 148 Å². The highest BCUT2D eigenvalue weighted by molar-refractivity contribution is 5.78. The Hall–Kier alpha value is -1.69. The topological polar surface area (TPSA) is 32.8 Å². The van der Waals surface area contributed by atoms with Crippen LogP contribution in [-0.4, -0.2) is 48.5 Å². The van der Waals surface area contributed by atoms with Crippen molar-refractivity contribution in [1.82, 2.24) is 9.80 Å². The normalized spacial score (nSPS) is 15.6. The molecule has 0 heterocycles. The monoisotopic (exact) mass is 354 g/mol. The molecule has 1 aromatic carbocycles. The van der Waals surface area contributed by atoms with Gasteiger partial charge < -0.3 is 9.64 Å². The Bertz CT molecular complexity index is 531. The van der Waals surface area contributed by atoms with Crippen molar-refractivity contribution in [1.29, 1.82) is 0 Å². The van der Waals surface area contributed by atoms with Crippen LogP contribution in [0.4, 0.5) is 8.78 Å². The van der Waals surface area contributed by atoms with Crippen LogP contribution in [0.25, 0.3) is 0 Å². The standard InChI is InChI=1S/C19H28F2N2O2/c1-3-23(16-7-5-4-6-8-16)18(24)14-22(2)13-15-9-11-17(12-10-15)25-19(20)21/h9-12,16,19H,3-8,13-14H2,1-2H3. The Kier molecular flexibility index (Phi) is 7.62. The van der Waals surface area contributed by atoms with Crippen molar-refractivity contribution in [3.63, 3.8) is 0 Å². The first-order valence-electron chi connectivity index (χ1n) is 9.01. The maximum absolute atomic E-state index is 12.6. The van der Waals surface area contributed by atoms with Crippen LogP contribution in [0.1, 0.15) is 44.6 Å². The molecule has 0 atom stereocenters. The Morgan fingerprint density at radius 2 is 1.84 bits per heavy atom. The van der Waals surface area contributed by atoms with Crippen LogP contribution in [0.2, 0.25) is 0 Å². The van der Waals surface area contributed by atoms with E-state index >= 15 is 0 Å². The van der Waals surface area contributed by atoms with Crippen LogP contribution >= 0.6 is 0 Å². The number of carbonyl (C=O) groups excluding carboxylic acids is 1. The molecule has 0 bridgehead atoms. The highest BCUT2D eigenvalue weighted by Gasteiger charge is 2.24. The Balaban J connectivity index is 1.85. The fraction of sp³-hybridized carbons (Fsp3) is 0.632. The van der Waals surface area contributed by atoms with E-state index in [9.17, 15) is 13.6 Å². The molecule has 0 spiro atoms. The molecule has 1 aromatic rings. The molecule has 1 aliphatic carbocycles. The SMILES string of the molecule is CCN(C(=O)CN(C)Cc1ccc(OC(F)F)cc1)C1CCCCC1. The molecule has 1 fully saturated rings. The minimum atomic E-state index is -2.81. The van der Waals surface area contributed by atoms with Crippen LogP contribution in [0, 0.1) is 0 Å². The second-order valence-electron chi connectivity index (χ2n) is 6.67. The molecular weight excluding hydrogens is 326 g/mol. The van der Waals surface area contributed by atoms with Gasteiger partial charge in [0.05, 0.1) is 6.54 Å². The van der Waals surface area contributed by atoms with Gasteiger partial charge in [-0.3, -0.25) is 9.69 Å². The maximum atomic E-state index is 12.6. The molecular formula is C19H28F2N2O2. The van der Waals surface area contributed by atoms with Gasteiger partial charge in [-0.1, -0.05) is 31.4 Å². The second kappa shape index (κ2) is 9.70. The zero-order chi connectivity index (χ0) is 18.2. The summed E-state index contributed by atoms with van der Waals surface area (Å²) < 4.78 is 28.7. The number of nitrogens with zero attached hydrogens (tertiary/aromatic N) is 2. The van der Waals surface area contributed by atoms with Crippen LogP contribution in [-0.2, 0) is 11.3 Å². The fourth-order valence-corrected chi connectivity index (χ4v) is 3.50. The van der Waals surface area contributed by atoms with Crippen molar-refractivity contribution in [2.45, 2.75) is 58.2 Å². The van der Waals surface area contributed by atoms with Gasteiger partial charge in [-0.05, 0) is 44.5 Å². The third-order valence-electron chi connectivity index (χ3n) is 4.68. The van der Waals surface area contributed by atoms with Gasteiger partial charge in [0.1, 0.15) is 5.75 Å². The minimum absolute atomic E-state index is 0.145. The molecule has 0 N–H and O–H groups in total. The molecule has 0 aromatic heterocycles. The van der Waals surface area contributed by atoms with Crippen molar-refractivity contribution in [3.8, 4) is 5.75 Å². The van der Waals surface area contributed by atoms with Crippen molar-refractivity contribution in [3.05, 3.63) is 29.8 Å². The number of alkyl halides is 2. The van der Waals surface area contributed by atoms with Gasteiger partial charge in [-0.2, -0.15) is 8.78 Å². The van der Waals surface area contributed by atoms with Crippen LogP contribution in [0.15, 0.2) is 24.3 Å². The molecule has 1 aliphatic rings.